The number of amides is 3. The maximum absolute atomic E-state index is 13.1. The van der Waals surface area contributed by atoms with Gasteiger partial charge in [-0.2, -0.15) is 0 Å². The van der Waals surface area contributed by atoms with Crippen LogP contribution in [0.5, 0.6) is 5.75 Å². The van der Waals surface area contributed by atoms with Crippen molar-refractivity contribution in [3.8, 4) is 5.75 Å². The van der Waals surface area contributed by atoms with E-state index in [1.165, 1.54) is 18.0 Å². The molecule has 0 saturated carbocycles. The fourth-order valence-electron chi connectivity index (χ4n) is 3.16. The van der Waals surface area contributed by atoms with Gasteiger partial charge in [0.25, 0.3) is 5.91 Å². The first-order chi connectivity index (χ1) is 15.9. The van der Waals surface area contributed by atoms with Crippen LogP contribution in [0.4, 0.5) is 0 Å². The van der Waals surface area contributed by atoms with Crippen LogP contribution in [-0.2, 0) is 23.9 Å². The molecule has 0 aliphatic carbocycles. The van der Waals surface area contributed by atoms with Gasteiger partial charge in [-0.3, -0.25) is 29.3 Å². The minimum atomic E-state index is -0.824. The summed E-state index contributed by atoms with van der Waals surface area (Å²) >= 11 is 0. The summed E-state index contributed by atoms with van der Waals surface area (Å²) < 4.78 is 16.4. The molecule has 1 unspecified atom stereocenters. The summed E-state index contributed by atoms with van der Waals surface area (Å²) in [5, 5.41) is 2.22. The van der Waals surface area contributed by atoms with Gasteiger partial charge in [-0.05, 0) is 24.5 Å². The number of hydrogen-bond acceptors (Lipinski definition) is 8. The van der Waals surface area contributed by atoms with Gasteiger partial charge in [0, 0.05) is 19.0 Å². The number of carbonyl (C=O) groups excluding carboxylic acids is 5. The van der Waals surface area contributed by atoms with Gasteiger partial charge in [0.15, 0.2) is 6.29 Å². The first-order valence-electron chi connectivity index (χ1n) is 10.5. The average Bonchev–Trinajstić information content (AvgIpc) is 2.81. The van der Waals surface area contributed by atoms with Gasteiger partial charge in [-0.1, -0.05) is 18.7 Å². The van der Waals surface area contributed by atoms with Gasteiger partial charge in [0.05, 0.1) is 32.0 Å². The van der Waals surface area contributed by atoms with E-state index < -0.39 is 17.9 Å². The molecule has 1 aliphatic rings. The Morgan fingerprint density at radius 2 is 1.85 bits per heavy atom. The molecular formula is C23H28N2O8. The second kappa shape index (κ2) is 13.2. The number of nitrogens with zero attached hydrogens (tertiary/aromatic N) is 1. The van der Waals surface area contributed by atoms with Crippen LogP contribution < -0.4 is 10.1 Å². The van der Waals surface area contributed by atoms with E-state index in [1.54, 1.807) is 12.1 Å². The molecule has 178 valence electrons. The Bertz CT molecular complexity index is 898. The lowest BCUT2D eigenvalue weighted by atomic mass is 10.0. The molecule has 10 heteroatoms. The molecule has 1 atom stereocenters. The van der Waals surface area contributed by atoms with Crippen LogP contribution in [0.3, 0.4) is 0 Å². The highest BCUT2D eigenvalue weighted by Gasteiger charge is 2.34. The molecule has 33 heavy (non-hydrogen) atoms. The number of hydrogen-bond donors (Lipinski definition) is 1. The summed E-state index contributed by atoms with van der Waals surface area (Å²) in [5.74, 6) is -1.31. The van der Waals surface area contributed by atoms with E-state index in [0.717, 1.165) is 0 Å². The molecule has 0 aromatic heterocycles. The summed E-state index contributed by atoms with van der Waals surface area (Å²) in [6.45, 7) is 4.92. The van der Waals surface area contributed by atoms with Crippen LogP contribution in [-0.4, -0.2) is 81.3 Å². The number of benzene rings is 1. The highest BCUT2D eigenvalue weighted by atomic mass is 16.5. The highest BCUT2D eigenvalue weighted by molar-refractivity contribution is 6.07. The molecule has 1 aliphatic heterocycles. The molecule has 1 N–H and O–H groups in total. The van der Waals surface area contributed by atoms with Crippen LogP contribution >= 0.6 is 0 Å². The first-order valence-corrected chi connectivity index (χ1v) is 10.5. The Labute approximate surface area is 191 Å². The SMILES string of the molecule is C=C(C=O)CCOCCOCCOc1cccc(C=O)c1C(=O)N(C)C1CCC(=O)NC1=O. The third-order valence-corrected chi connectivity index (χ3v) is 4.99. The smallest absolute Gasteiger partial charge is 0.258 e. The van der Waals surface area contributed by atoms with Crippen LogP contribution in [0.1, 0.15) is 40.0 Å². The Morgan fingerprint density at radius 3 is 2.52 bits per heavy atom. The average molecular weight is 460 g/mol. The normalized spacial score (nSPS) is 15.5. The van der Waals surface area contributed by atoms with Crippen molar-refractivity contribution in [3.63, 3.8) is 0 Å². The number of aldehydes is 2. The highest BCUT2D eigenvalue weighted by Crippen LogP contribution is 2.25. The molecule has 0 radical (unpaired) electrons. The van der Waals surface area contributed by atoms with E-state index in [0.29, 0.717) is 44.4 Å². The maximum atomic E-state index is 13.1. The van der Waals surface area contributed by atoms with Crippen molar-refractivity contribution in [3.05, 3.63) is 41.5 Å². The molecule has 1 fully saturated rings. The summed E-state index contributed by atoms with van der Waals surface area (Å²) in [6, 6.07) is 3.80. The molecule has 1 aromatic carbocycles. The summed E-state index contributed by atoms with van der Waals surface area (Å²) in [4.78, 5) is 59.8. The van der Waals surface area contributed by atoms with Crippen molar-refractivity contribution >= 4 is 30.3 Å². The number of imide groups is 1. The Hall–Kier alpha value is -3.37. The molecule has 1 heterocycles. The Morgan fingerprint density at radius 1 is 1.15 bits per heavy atom. The fourth-order valence-corrected chi connectivity index (χ4v) is 3.16. The summed E-state index contributed by atoms with van der Waals surface area (Å²) in [5.41, 5.74) is 0.636. The first kappa shape index (κ1) is 25.9. The Balaban J connectivity index is 1.90. The lowest BCUT2D eigenvalue weighted by Gasteiger charge is -2.30. The predicted molar refractivity (Wildman–Crippen MR) is 117 cm³/mol. The number of likely N-dealkylation sites (N-methyl/N-ethyl adjacent to an activating group) is 1. The van der Waals surface area contributed by atoms with Gasteiger partial charge in [0.2, 0.25) is 11.8 Å². The molecule has 0 spiro atoms. The van der Waals surface area contributed by atoms with E-state index >= 15 is 0 Å². The number of piperidine rings is 1. The molecule has 3 amide bonds. The van der Waals surface area contributed by atoms with E-state index in [9.17, 15) is 24.0 Å². The van der Waals surface area contributed by atoms with E-state index in [4.69, 9.17) is 14.2 Å². The zero-order chi connectivity index (χ0) is 24.2. The van der Waals surface area contributed by atoms with Gasteiger partial charge in [0.1, 0.15) is 24.7 Å². The number of nitrogens with one attached hydrogen (secondary N) is 1. The minimum absolute atomic E-state index is 0.0402. The lowest BCUT2D eigenvalue weighted by Crippen LogP contribution is -2.53. The van der Waals surface area contributed by atoms with E-state index in [2.05, 4.69) is 11.9 Å². The molecule has 1 saturated heterocycles. The van der Waals surface area contributed by atoms with Gasteiger partial charge >= 0.3 is 0 Å². The topological polar surface area (TPSA) is 128 Å². The zero-order valence-electron chi connectivity index (χ0n) is 18.5. The van der Waals surface area contributed by atoms with E-state index in [-0.39, 0.29) is 48.8 Å². The van der Waals surface area contributed by atoms with Crippen molar-refractivity contribution in [2.75, 3.05) is 40.1 Å². The van der Waals surface area contributed by atoms with Crippen LogP contribution in [0.25, 0.3) is 0 Å². The van der Waals surface area contributed by atoms with Gasteiger partial charge in [-0.15, -0.1) is 0 Å². The van der Waals surface area contributed by atoms with Crippen molar-refractivity contribution in [2.24, 2.45) is 0 Å². The van der Waals surface area contributed by atoms with Crippen molar-refractivity contribution in [2.45, 2.75) is 25.3 Å². The zero-order valence-corrected chi connectivity index (χ0v) is 18.5. The third-order valence-electron chi connectivity index (χ3n) is 4.99. The van der Waals surface area contributed by atoms with E-state index in [1.807, 2.05) is 0 Å². The molecule has 0 bridgehead atoms. The number of rotatable bonds is 14. The van der Waals surface area contributed by atoms with Gasteiger partial charge < -0.3 is 19.1 Å². The minimum Gasteiger partial charge on any atom is -0.490 e. The number of ether oxygens (including phenoxy) is 3. The summed E-state index contributed by atoms with van der Waals surface area (Å²) in [7, 11) is 1.45. The van der Waals surface area contributed by atoms with Crippen molar-refractivity contribution < 1.29 is 38.2 Å². The number of carbonyl (C=O) groups is 5. The molecule has 10 nitrogen and oxygen atoms in total. The second-order valence-corrected chi connectivity index (χ2v) is 7.32. The van der Waals surface area contributed by atoms with Crippen molar-refractivity contribution in [1.82, 2.24) is 10.2 Å². The Kier molecular flexibility index (Phi) is 10.4. The summed E-state index contributed by atoms with van der Waals surface area (Å²) in [6.07, 6.45) is 2.03. The van der Waals surface area contributed by atoms with Crippen LogP contribution in [0, 0.1) is 0 Å². The third kappa shape index (κ3) is 7.62. The largest absolute Gasteiger partial charge is 0.490 e. The van der Waals surface area contributed by atoms with Crippen molar-refractivity contribution in [1.29, 1.82) is 0 Å². The second-order valence-electron chi connectivity index (χ2n) is 7.32. The fraction of sp³-hybridized carbons (Fsp3) is 0.435. The predicted octanol–water partition coefficient (Wildman–Crippen LogP) is 0.934. The maximum Gasteiger partial charge on any atom is 0.258 e. The molecular weight excluding hydrogens is 432 g/mol. The van der Waals surface area contributed by atoms with Gasteiger partial charge in [-0.25, -0.2) is 0 Å². The van der Waals surface area contributed by atoms with Crippen LogP contribution in [0.15, 0.2) is 30.4 Å². The molecule has 1 aromatic rings. The standard InChI is InChI=1S/C23H28N2O8/c1-16(14-26)8-9-31-10-11-32-12-13-33-19-5-3-4-17(15-27)21(19)23(30)25(2)18-6-7-20(28)24-22(18)29/h3-5,14-15,18H,1,6-13H2,2H3,(H,24,28,29). The monoisotopic (exact) mass is 460 g/mol. The quantitative estimate of drug-likeness (QED) is 0.188. The molecule has 2 rings (SSSR count). The lowest BCUT2D eigenvalue weighted by molar-refractivity contribution is -0.136. The van der Waals surface area contributed by atoms with Crippen LogP contribution in [0.2, 0.25) is 0 Å².